The number of methoxy groups -OCH3 is 1. The maximum atomic E-state index is 13.2. The van der Waals surface area contributed by atoms with E-state index in [1.165, 1.54) is 12.2 Å². The number of hydrogen-bond donors (Lipinski definition) is 1. The third-order valence-corrected chi connectivity index (χ3v) is 6.09. The first-order chi connectivity index (χ1) is 14.9. The SMILES string of the molecule is COc1cccc(C=CC(=O)C(C)(CC2CCC2)C(=O)C=Cc2cccc(CO)c2)c1. The zero-order valence-electron chi connectivity index (χ0n) is 18.2. The number of ketones is 2. The first-order valence-corrected chi connectivity index (χ1v) is 10.7. The van der Waals surface area contributed by atoms with Crippen LogP contribution < -0.4 is 4.74 Å². The second kappa shape index (κ2) is 10.4. The lowest BCUT2D eigenvalue weighted by Gasteiger charge is -2.33. The number of benzene rings is 2. The van der Waals surface area contributed by atoms with Crippen LogP contribution in [-0.2, 0) is 16.2 Å². The molecule has 1 N–H and O–H groups in total. The molecule has 162 valence electrons. The van der Waals surface area contributed by atoms with Gasteiger partial charge in [0.2, 0.25) is 0 Å². The second-order valence-electron chi connectivity index (χ2n) is 8.41. The Labute approximate surface area is 184 Å². The van der Waals surface area contributed by atoms with Crippen molar-refractivity contribution in [2.75, 3.05) is 7.11 Å². The highest BCUT2D eigenvalue weighted by atomic mass is 16.5. The van der Waals surface area contributed by atoms with Crippen molar-refractivity contribution in [1.29, 1.82) is 0 Å². The summed E-state index contributed by atoms with van der Waals surface area (Å²) in [5.74, 6) is 0.764. The van der Waals surface area contributed by atoms with Gasteiger partial charge in [-0.3, -0.25) is 9.59 Å². The summed E-state index contributed by atoms with van der Waals surface area (Å²) in [5, 5.41) is 9.31. The molecule has 0 aromatic heterocycles. The Hall–Kier alpha value is -2.98. The molecule has 1 saturated carbocycles. The zero-order valence-corrected chi connectivity index (χ0v) is 18.2. The van der Waals surface area contributed by atoms with Crippen LogP contribution in [0.15, 0.2) is 60.7 Å². The molecule has 0 amide bonds. The van der Waals surface area contributed by atoms with Gasteiger partial charge >= 0.3 is 0 Å². The number of carbonyl (C=O) groups excluding carboxylic acids is 2. The van der Waals surface area contributed by atoms with E-state index in [1.807, 2.05) is 48.5 Å². The summed E-state index contributed by atoms with van der Waals surface area (Å²) < 4.78 is 5.23. The summed E-state index contributed by atoms with van der Waals surface area (Å²) in [6.45, 7) is 1.71. The van der Waals surface area contributed by atoms with E-state index >= 15 is 0 Å². The predicted octanol–water partition coefficient (Wildman–Crippen LogP) is 5.25. The Bertz CT molecular complexity index is 913. The van der Waals surface area contributed by atoms with Crippen LogP contribution in [0.4, 0.5) is 0 Å². The highest BCUT2D eigenvalue weighted by Crippen LogP contribution is 2.39. The first kappa shape index (κ1) is 22.7. The molecule has 1 aliphatic carbocycles. The Morgan fingerprint density at radius 3 is 2.19 bits per heavy atom. The van der Waals surface area contributed by atoms with Gasteiger partial charge in [0.1, 0.15) is 5.75 Å². The molecule has 4 heteroatoms. The average Bonchev–Trinajstić information content (AvgIpc) is 2.78. The molecular weight excluding hydrogens is 388 g/mol. The zero-order chi connectivity index (χ0) is 22.3. The van der Waals surface area contributed by atoms with Crippen LogP contribution in [0.5, 0.6) is 5.75 Å². The minimum Gasteiger partial charge on any atom is -0.497 e. The first-order valence-electron chi connectivity index (χ1n) is 10.7. The molecule has 3 rings (SSSR count). The number of rotatable bonds is 10. The molecule has 0 saturated heterocycles. The summed E-state index contributed by atoms with van der Waals surface area (Å²) in [7, 11) is 1.60. The van der Waals surface area contributed by atoms with E-state index in [2.05, 4.69) is 0 Å². The van der Waals surface area contributed by atoms with Crippen LogP contribution in [0, 0.1) is 11.3 Å². The van der Waals surface area contributed by atoms with E-state index in [0.29, 0.717) is 12.3 Å². The minimum absolute atomic E-state index is 0.0530. The average molecular weight is 419 g/mol. The molecule has 2 aromatic rings. The lowest BCUT2D eigenvalue weighted by atomic mass is 9.68. The van der Waals surface area contributed by atoms with Gasteiger partial charge in [0.25, 0.3) is 0 Å². The molecule has 1 unspecified atom stereocenters. The van der Waals surface area contributed by atoms with Gasteiger partial charge < -0.3 is 9.84 Å². The molecule has 0 heterocycles. The molecular formula is C27H30O4. The van der Waals surface area contributed by atoms with Gasteiger partial charge in [-0.25, -0.2) is 0 Å². The quantitative estimate of drug-likeness (QED) is 0.423. The van der Waals surface area contributed by atoms with Gasteiger partial charge in [-0.05, 0) is 66.3 Å². The summed E-state index contributed by atoms with van der Waals surface area (Å²) >= 11 is 0. The molecule has 31 heavy (non-hydrogen) atoms. The van der Waals surface area contributed by atoms with E-state index in [-0.39, 0.29) is 18.2 Å². The van der Waals surface area contributed by atoms with Crippen molar-refractivity contribution in [3.05, 3.63) is 77.4 Å². The lowest BCUT2D eigenvalue weighted by Crippen LogP contribution is -2.37. The van der Waals surface area contributed by atoms with Crippen LogP contribution >= 0.6 is 0 Å². The number of allylic oxidation sites excluding steroid dienone is 2. The molecule has 0 spiro atoms. The van der Waals surface area contributed by atoms with Gasteiger partial charge in [-0.15, -0.1) is 0 Å². The van der Waals surface area contributed by atoms with Crippen molar-refractivity contribution in [3.8, 4) is 5.75 Å². The van der Waals surface area contributed by atoms with Crippen molar-refractivity contribution < 1.29 is 19.4 Å². The predicted molar refractivity (Wildman–Crippen MR) is 124 cm³/mol. The van der Waals surface area contributed by atoms with E-state index < -0.39 is 5.41 Å². The Morgan fingerprint density at radius 1 is 1.03 bits per heavy atom. The van der Waals surface area contributed by atoms with Gasteiger partial charge in [-0.2, -0.15) is 0 Å². The minimum atomic E-state index is -1.09. The third kappa shape index (κ3) is 5.80. The Kier molecular flexibility index (Phi) is 7.59. The fourth-order valence-electron chi connectivity index (χ4n) is 3.85. The fraction of sp³-hybridized carbons (Fsp3) is 0.333. The van der Waals surface area contributed by atoms with E-state index in [9.17, 15) is 14.7 Å². The lowest BCUT2D eigenvalue weighted by molar-refractivity contribution is -0.135. The number of aliphatic hydroxyl groups is 1. The fourth-order valence-corrected chi connectivity index (χ4v) is 3.85. The number of hydrogen-bond acceptors (Lipinski definition) is 4. The van der Waals surface area contributed by atoms with Gasteiger partial charge in [-0.1, -0.05) is 61.7 Å². The summed E-state index contributed by atoms with van der Waals surface area (Å²) in [4.78, 5) is 26.4. The van der Waals surface area contributed by atoms with Crippen LogP contribution in [0.1, 0.15) is 49.3 Å². The molecule has 1 fully saturated rings. The summed E-state index contributed by atoms with van der Waals surface area (Å²) in [5.41, 5.74) is 1.36. The standard InChI is InChI=1S/C27H30O4/c1-27(18-22-8-4-9-22,25(29)14-12-20-6-3-10-23(16-20)19-28)26(30)15-13-21-7-5-11-24(17-21)31-2/h3,5-7,10-17,22,28H,4,8-9,18-19H2,1-2H3. The van der Waals surface area contributed by atoms with Crippen molar-refractivity contribution in [3.63, 3.8) is 0 Å². The third-order valence-electron chi connectivity index (χ3n) is 6.09. The smallest absolute Gasteiger partial charge is 0.169 e. The molecule has 0 bridgehead atoms. The number of aliphatic hydroxyl groups excluding tert-OH is 1. The summed E-state index contributed by atoms with van der Waals surface area (Å²) in [6, 6.07) is 14.8. The van der Waals surface area contributed by atoms with Crippen LogP contribution in [0.3, 0.4) is 0 Å². The van der Waals surface area contributed by atoms with E-state index in [0.717, 1.165) is 41.7 Å². The number of ether oxygens (including phenoxy) is 1. The van der Waals surface area contributed by atoms with E-state index in [1.54, 1.807) is 26.2 Å². The highest BCUT2D eigenvalue weighted by molar-refractivity contribution is 6.17. The van der Waals surface area contributed by atoms with E-state index in [4.69, 9.17) is 4.74 Å². The Balaban J connectivity index is 1.81. The topological polar surface area (TPSA) is 63.6 Å². The molecule has 1 atom stereocenters. The molecule has 4 nitrogen and oxygen atoms in total. The highest BCUT2D eigenvalue weighted by Gasteiger charge is 2.41. The maximum absolute atomic E-state index is 13.2. The van der Waals surface area contributed by atoms with Crippen LogP contribution in [0.2, 0.25) is 0 Å². The van der Waals surface area contributed by atoms with Crippen LogP contribution in [-0.4, -0.2) is 23.8 Å². The van der Waals surface area contributed by atoms with Crippen molar-refractivity contribution in [2.45, 2.75) is 39.2 Å². The molecule has 0 radical (unpaired) electrons. The van der Waals surface area contributed by atoms with Crippen molar-refractivity contribution >= 4 is 23.7 Å². The maximum Gasteiger partial charge on any atom is 0.169 e. The Morgan fingerprint density at radius 2 is 1.65 bits per heavy atom. The van der Waals surface area contributed by atoms with Crippen molar-refractivity contribution in [2.24, 2.45) is 11.3 Å². The summed E-state index contributed by atoms with van der Waals surface area (Å²) in [6.07, 6.45) is 10.3. The molecule has 0 aliphatic heterocycles. The van der Waals surface area contributed by atoms with Crippen molar-refractivity contribution in [1.82, 2.24) is 0 Å². The normalized spacial score (nSPS) is 16.2. The van der Waals surface area contributed by atoms with Gasteiger partial charge in [0, 0.05) is 0 Å². The number of carbonyl (C=O) groups is 2. The molecule has 1 aliphatic rings. The monoisotopic (exact) mass is 418 g/mol. The molecule has 2 aromatic carbocycles. The van der Waals surface area contributed by atoms with Gasteiger partial charge in [0.05, 0.1) is 19.1 Å². The van der Waals surface area contributed by atoms with Gasteiger partial charge in [0.15, 0.2) is 11.6 Å². The van der Waals surface area contributed by atoms with Crippen LogP contribution in [0.25, 0.3) is 12.2 Å². The largest absolute Gasteiger partial charge is 0.497 e. The second-order valence-corrected chi connectivity index (χ2v) is 8.41.